The Hall–Kier alpha value is -0.710. The summed E-state index contributed by atoms with van der Waals surface area (Å²) in [4.78, 5) is 12.5. The van der Waals surface area contributed by atoms with Crippen LogP contribution in [0.5, 0.6) is 0 Å². The van der Waals surface area contributed by atoms with Gasteiger partial charge in [-0.3, -0.25) is 4.79 Å². The molecule has 1 amide bonds. The number of aryl methyl sites for hydroxylation is 1. The lowest BCUT2D eigenvalue weighted by molar-refractivity contribution is -0.123. The number of halogens is 1. The SMILES string of the molecule is Cl.O=C(NCC1SCCc2ccccc21)C1CC12CCNCC2. The van der Waals surface area contributed by atoms with Crippen molar-refractivity contribution in [2.45, 2.75) is 30.9 Å². The molecule has 0 aromatic heterocycles. The summed E-state index contributed by atoms with van der Waals surface area (Å²) in [6.07, 6.45) is 4.61. The summed E-state index contributed by atoms with van der Waals surface area (Å²) >= 11 is 1.98. The lowest BCUT2D eigenvalue weighted by Crippen LogP contribution is -2.35. The molecule has 3 aliphatic rings. The number of fused-ring (bicyclic) bond motifs is 1. The Morgan fingerprint density at radius 3 is 2.91 bits per heavy atom. The third-order valence-electron chi connectivity index (χ3n) is 5.66. The first-order valence-electron chi connectivity index (χ1n) is 8.46. The van der Waals surface area contributed by atoms with Gasteiger partial charge in [-0.05, 0) is 61.1 Å². The molecule has 1 saturated heterocycles. The maximum Gasteiger partial charge on any atom is 0.223 e. The molecular formula is C18H25ClN2OS. The van der Waals surface area contributed by atoms with Gasteiger partial charge in [-0.15, -0.1) is 12.4 Å². The van der Waals surface area contributed by atoms with E-state index in [9.17, 15) is 4.79 Å². The number of benzene rings is 1. The van der Waals surface area contributed by atoms with Gasteiger partial charge in [0.15, 0.2) is 0 Å². The predicted octanol–water partition coefficient (Wildman–Crippen LogP) is 2.94. The van der Waals surface area contributed by atoms with Crippen LogP contribution in [0.2, 0.25) is 0 Å². The Labute approximate surface area is 148 Å². The summed E-state index contributed by atoms with van der Waals surface area (Å²) in [7, 11) is 0. The summed E-state index contributed by atoms with van der Waals surface area (Å²) < 4.78 is 0. The zero-order valence-electron chi connectivity index (χ0n) is 13.3. The van der Waals surface area contributed by atoms with E-state index in [1.54, 1.807) is 0 Å². The van der Waals surface area contributed by atoms with E-state index < -0.39 is 0 Å². The van der Waals surface area contributed by atoms with Crippen LogP contribution in [-0.4, -0.2) is 31.3 Å². The fourth-order valence-corrected chi connectivity index (χ4v) is 5.39. The monoisotopic (exact) mass is 352 g/mol. The van der Waals surface area contributed by atoms with Crippen LogP contribution in [0.1, 0.15) is 35.6 Å². The van der Waals surface area contributed by atoms with Crippen LogP contribution in [0, 0.1) is 11.3 Å². The number of amides is 1. The molecule has 5 heteroatoms. The highest BCUT2D eigenvalue weighted by atomic mass is 35.5. The van der Waals surface area contributed by atoms with Crippen LogP contribution >= 0.6 is 24.2 Å². The van der Waals surface area contributed by atoms with Crippen molar-refractivity contribution in [2.75, 3.05) is 25.4 Å². The normalized spacial score (nSPS) is 27.7. The van der Waals surface area contributed by atoms with Gasteiger partial charge in [0.2, 0.25) is 5.91 Å². The van der Waals surface area contributed by atoms with E-state index in [0.717, 1.165) is 38.2 Å². The molecule has 23 heavy (non-hydrogen) atoms. The maximum absolute atomic E-state index is 12.5. The zero-order chi connectivity index (χ0) is 15.0. The number of hydrogen-bond acceptors (Lipinski definition) is 3. The molecule has 2 unspecified atom stereocenters. The molecule has 0 bridgehead atoms. The van der Waals surface area contributed by atoms with Gasteiger partial charge in [-0.25, -0.2) is 0 Å². The Morgan fingerprint density at radius 2 is 2.09 bits per heavy atom. The van der Waals surface area contributed by atoms with Crippen LogP contribution < -0.4 is 10.6 Å². The van der Waals surface area contributed by atoms with E-state index in [2.05, 4.69) is 34.9 Å². The summed E-state index contributed by atoms with van der Waals surface area (Å²) in [5.74, 6) is 1.74. The topological polar surface area (TPSA) is 41.1 Å². The van der Waals surface area contributed by atoms with Crippen molar-refractivity contribution in [1.82, 2.24) is 10.6 Å². The maximum atomic E-state index is 12.5. The standard InChI is InChI=1S/C18H24N2OS.ClH/c21-17(15-11-18(15)6-8-19-9-7-18)20-12-16-14-4-2-1-3-13(14)5-10-22-16;/h1-4,15-16,19H,5-12H2,(H,20,21);1H. The van der Waals surface area contributed by atoms with Crippen molar-refractivity contribution >= 4 is 30.1 Å². The van der Waals surface area contributed by atoms with E-state index in [0.29, 0.717) is 16.6 Å². The first-order chi connectivity index (χ1) is 10.8. The van der Waals surface area contributed by atoms with Gasteiger partial charge in [-0.1, -0.05) is 24.3 Å². The van der Waals surface area contributed by atoms with Crippen LogP contribution in [0.3, 0.4) is 0 Å². The number of nitrogens with one attached hydrogen (secondary N) is 2. The number of carbonyl (C=O) groups excluding carboxylic acids is 1. The highest BCUT2D eigenvalue weighted by Crippen LogP contribution is 2.58. The molecule has 126 valence electrons. The summed E-state index contributed by atoms with van der Waals surface area (Å²) in [5.41, 5.74) is 3.22. The molecule has 3 nitrogen and oxygen atoms in total. The van der Waals surface area contributed by atoms with E-state index in [1.807, 2.05) is 11.8 Å². The second kappa shape index (κ2) is 7.04. The van der Waals surface area contributed by atoms with Crippen molar-refractivity contribution in [2.24, 2.45) is 11.3 Å². The van der Waals surface area contributed by atoms with Crippen LogP contribution in [0.15, 0.2) is 24.3 Å². The summed E-state index contributed by atoms with van der Waals surface area (Å²) in [6, 6.07) is 8.69. The van der Waals surface area contributed by atoms with E-state index in [4.69, 9.17) is 0 Å². The van der Waals surface area contributed by atoms with Gasteiger partial charge in [0.1, 0.15) is 0 Å². The van der Waals surface area contributed by atoms with Crippen LogP contribution in [0.25, 0.3) is 0 Å². The summed E-state index contributed by atoms with van der Waals surface area (Å²) in [5, 5.41) is 7.07. The molecule has 2 atom stereocenters. The minimum atomic E-state index is 0. The predicted molar refractivity (Wildman–Crippen MR) is 98.2 cm³/mol. The van der Waals surface area contributed by atoms with Gasteiger partial charge in [0.25, 0.3) is 0 Å². The number of thioether (sulfide) groups is 1. The average molecular weight is 353 g/mol. The van der Waals surface area contributed by atoms with Gasteiger partial charge in [-0.2, -0.15) is 11.8 Å². The van der Waals surface area contributed by atoms with Gasteiger partial charge < -0.3 is 10.6 Å². The second-order valence-electron chi connectivity index (χ2n) is 6.92. The van der Waals surface area contributed by atoms with Gasteiger partial charge in [0, 0.05) is 17.7 Å². The zero-order valence-corrected chi connectivity index (χ0v) is 15.0. The van der Waals surface area contributed by atoms with Gasteiger partial charge in [0.05, 0.1) is 0 Å². The lowest BCUT2D eigenvalue weighted by atomic mass is 9.92. The third-order valence-corrected chi connectivity index (χ3v) is 6.92. The lowest BCUT2D eigenvalue weighted by Gasteiger charge is -2.26. The number of piperidine rings is 1. The first-order valence-corrected chi connectivity index (χ1v) is 9.51. The average Bonchev–Trinajstić information content (AvgIpc) is 3.26. The number of rotatable bonds is 3. The summed E-state index contributed by atoms with van der Waals surface area (Å²) in [6.45, 7) is 2.94. The Balaban J connectivity index is 0.00000156. The largest absolute Gasteiger partial charge is 0.354 e. The van der Waals surface area contributed by atoms with E-state index in [1.165, 1.54) is 24.0 Å². The van der Waals surface area contributed by atoms with E-state index in [-0.39, 0.29) is 18.3 Å². The first kappa shape index (κ1) is 17.1. The molecule has 2 fully saturated rings. The Bertz CT molecular complexity index is 574. The van der Waals surface area contributed by atoms with Crippen LogP contribution in [-0.2, 0) is 11.2 Å². The molecule has 4 rings (SSSR count). The molecule has 1 saturated carbocycles. The van der Waals surface area contributed by atoms with Crippen LogP contribution in [0.4, 0.5) is 0 Å². The molecule has 2 heterocycles. The number of hydrogen-bond donors (Lipinski definition) is 2. The molecule has 2 aliphatic heterocycles. The van der Waals surface area contributed by atoms with Crippen molar-refractivity contribution in [1.29, 1.82) is 0 Å². The van der Waals surface area contributed by atoms with Crippen molar-refractivity contribution in [3.8, 4) is 0 Å². The fourth-order valence-electron chi connectivity index (χ4n) is 4.16. The minimum Gasteiger partial charge on any atom is -0.354 e. The Morgan fingerprint density at radius 1 is 1.30 bits per heavy atom. The highest BCUT2D eigenvalue weighted by molar-refractivity contribution is 7.99. The fraction of sp³-hybridized carbons (Fsp3) is 0.611. The molecule has 2 N–H and O–H groups in total. The Kier molecular flexibility index (Phi) is 5.24. The highest BCUT2D eigenvalue weighted by Gasteiger charge is 2.57. The molecule has 1 aromatic rings. The van der Waals surface area contributed by atoms with Gasteiger partial charge >= 0.3 is 0 Å². The smallest absolute Gasteiger partial charge is 0.223 e. The molecule has 1 spiro atoms. The van der Waals surface area contributed by atoms with Crippen molar-refractivity contribution in [3.63, 3.8) is 0 Å². The molecule has 1 aromatic carbocycles. The number of carbonyl (C=O) groups is 1. The molecule has 1 aliphatic carbocycles. The van der Waals surface area contributed by atoms with Crippen molar-refractivity contribution in [3.05, 3.63) is 35.4 Å². The van der Waals surface area contributed by atoms with E-state index >= 15 is 0 Å². The third kappa shape index (κ3) is 3.40. The minimum absolute atomic E-state index is 0. The van der Waals surface area contributed by atoms with Crippen molar-refractivity contribution < 1.29 is 4.79 Å². The molecule has 0 radical (unpaired) electrons. The quantitative estimate of drug-likeness (QED) is 0.878. The second-order valence-corrected chi connectivity index (χ2v) is 8.23. The molecular weight excluding hydrogens is 328 g/mol.